The minimum Gasteiger partial charge on any atom is -0.329 e. The molecule has 4 nitrogen and oxygen atoms in total. The van der Waals surface area contributed by atoms with E-state index in [1.807, 2.05) is 43.3 Å². The number of hydrogen-bond acceptors (Lipinski definition) is 2. The summed E-state index contributed by atoms with van der Waals surface area (Å²) in [5, 5.41) is 4.50. The predicted octanol–water partition coefficient (Wildman–Crippen LogP) is 1.92. The molecule has 2 rings (SSSR count). The Morgan fingerprint density at radius 1 is 1.15 bits per heavy atom. The number of rotatable bonds is 4. The van der Waals surface area contributed by atoms with E-state index in [0.717, 1.165) is 27.8 Å². The number of aryl methyl sites for hydroxylation is 1. The van der Waals surface area contributed by atoms with Crippen molar-refractivity contribution in [3.8, 4) is 11.3 Å². The minimum absolute atomic E-state index is 0.00173. The summed E-state index contributed by atoms with van der Waals surface area (Å²) in [6, 6.07) is 11.8. The van der Waals surface area contributed by atoms with Crippen molar-refractivity contribution in [2.45, 2.75) is 13.5 Å². The van der Waals surface area contributed by atoms with Crippen molar-refractivity contribution in [1.82, 2.24) is 9.78 Å². The van der Waals surface area contributed by atoms with Crippen molar-refractivity contribution in [3.63, 3.8) is 0 Å². The van der Waals surface area contributed by atoms with Crippen LogP contribution < -0.4 is 5.56 Å². The van der Waals surface area contributed by atoms with E-state index in [2.05, 4.69) is 26.2 Å². The molecule has 0 atom stereocenters. The maximum atomic E-state index is 12.2. The maximum absolute atomic E-state index is 12.2. The van der Waals surface area contributed by atoms with Gasteiger partial charge in [-0.3, -0.25) is 4.79 Å². The lowest BCUT2D eigenvalue weighted by Gasteiger charge is -2.24. The van der Waals surface area contributed by atoms with Gasteiger partial charge in [0.2, 0.25) is 0 Å². The zero-order valence-corrected chi connectivity index (χ0v) is 12.6. The number of hydrogen-bond donors (Lipinski definition) is 0. The predicted molar refractivity (Wildman–Crippen MR) is 81.6 cm³/mol. The van der Waals surface area contributed by atoms with E-state index in [1.54, 1.807) is 4.68 Å². The Kier molecular flexibility index (Phi) is 4.04. The van der Waals surface area contributed by atoms with Crippen LogP contribution in [-0.4, -0.2) is 42.0 Å². The summed E-state index contributed by atoms with van der Waals surface area (Å²) < 4.78 is 2.39. The molecule has 1 aromatic carbocycles. The topological polar surface area (TPSA) is 34.9 Å². The number of likely N-dealkylation sites (N-methyl/N-ethyl adjacent to an activating group) is 1. The highest BCUT2D eigenvalue weighted by atomic mass is 16.1. The van der Waals surface area contributed by atoms with Crippen molar-refractivity contribution in [3.05, 3.63) is 52.3 Å². The Hall–Kier alpha value is -1.94. The van der Waals surface area contributed by atoms with E-state index >= 15 is 0 Å². The molecule has 0 aliphatic carbocycles. The van der Waals surface area contributed by atoms with E-state index in [0.29, 0.717) is 6.54 Å². The highest BCUT2D eigenvalue weighted by molar-refractivity contribution is 5.58. The smallest absolute Gasteiger partial charge is 0.269 e. The van der Waals surface area contributed by atoms with Gasteiger partial charge in [-0.15, -0.1) is 0 Å². The third-order valence-electron chi connectivity index (χ3n) is 3.21. The molecule has 0 aliphatic heterocycles. The fourth-order valence-electron chi connectivity index (χ4n) is 1.97. The Morgan fingerprint density at radius 3 is 2.40 bits per heavy atom. The molecule has 0 radical (unpaired) electrons. The summed E-state index contributed by atoms with van der Waals surface area (Å²) in [7, 11) is 6.33. The summed E-state index contributed by atoms with van der Waals surface area (Å²) in [5.74, 6) is 0. The summed E-state index contributed by atoms with van der Waals surface area (Å²) in [4.78, 5) is 12.2. The molecule has 1 heterocycles. The molecule has 2 aromatic rings. The molecule has 0 N–H and O–H groups in total. The van der Waals surface area contributed by atoms with Crippen LogP contribution in [-0.2, 0) is 6.54 Å². The van der Waals surface area contributed by atoms with Crippen LogP contribution in [0.25, 0.3) is 11.3 Å². The number of aromatic nitrogens is 2. The molecule has 106 valence electrons. The van der Waals surface area contributed by atoms with Crippen LogP contribution in [0.15, 0.2) is 41.2 Å². The van der Waals surface area contributed by atoms with Gasteiger partial charge in [-0.2, -0.15) is 5.10 Å². The first-order chi connectivity index (χ1) is 9.37. The van der Waals surface area contributed by atoms with Gasteiger partial charge in [-0.1, -0.05) is 30.3 Å². The zero-order valence-electron chi connectivity index (χ0n) is 12.6. The molecule has 1 aromatic heterocycles. The quantitative estimate of drug-likeness (QED) is 0.797. The lowest BCUT2D eigenvalue weighted by Crippen LogP contribution is -2.40. The molecule has 0 saturated heterocycles. The molecular weight excluding hydrogens is 250 g/mol. The van der Waals surface area contributed by atoms with Crippen LogP contribution in [0.5, 0.6) is 0 Å². The standard InChI is InChI=1S/C16H22N3O/c1-13-12-15(14-8-6-5-7-9-14)17-18(16(13)20)10-11-19(2,3)4/h5-9,12H,10-11H2,1-4H3/q+1. The molecule has 0 aliphatic rings. The fourth-order valence-corrected chi connectivity index (χ4v) is 1.97. The van der Waals surface area contributed by atoms with Crippen molar-refractivity contribution < 1.29 is 4.48 Å². The molecule has 4 heteroatoms. The third kappa shape index (κ3) is 3.54. The highest BCUT2D eigenvalue weighted by Crippen LogP contribution is 2.15. The second kappa shape index (κ2) is 5.59. The van der Waals surface area contributed by atoms with Gasteiger partial charge >= 0.3 is 0 Å². The number of benzene rings is 1. The third-order valence-corrected chi connectivity index (χ3v) is 3.21. The van der Waals surface area contributed by atoms with Crippen molar-refractivity contribution in [1.29, 1.82) is 0 Å². The van der Waals surface area contributed by atoms with Gasteiger partial charge in [0, 0.05) is 11.1 Å². The van der Waals surface area contributed by atoms with E-state index < -0.39 is 0 Å². The lowest BCUT2D eigenvalue weighted by molar-refractivity contribution is -0.871. The molecule has 20 heavy (non-hydrogen) atoms. The Balaban J connectivity index is 2.38. The zero-order chi connectivity index (χ0) is 14.8. The van der Waals surface area contributed by atoms with E-state index in [-0.39, 0.29) is 5.56 Å². The van der Waals surface area contributed by atoms with Gasteiger partial charge in [0.25, 0.3) is 5.56 Å². The molecule has 0 spiro atoms. The van der Waals surface area contributed by atoms with Crippen LogP contribution in [0.2, 0.25) is 0 Å². The van der Waals surface area contributed by atoms with Crippen molar-refractivity contribution >= 4 is 0 Å². The SMILES string of the molecule is Cc1cc(-c2ccccc2)nn(CC[N+](C)(C)C)c1=O. The Morgan fingerprint density at radius 2 is 1.80 bits per heavy atom. The number of quaternary nitrogens is 1. The monoisotopic (exact) mass is 272 g/mol. The van der Waals surface area contributed by atoms with Crippen LogP contribution in [0.4, 0.5) is 0 Å². The van der Waals surface area contributed by atoms with Crippen molar-refractivity contribution in [2.75, 3.05) is 27.7 Å². The van der Waals surface area contributed by atoms with Gasteiger partial charge in [0.05, 0.1) is 39.9 Å². The van der Waals surface area contributed by atoms with Gasteiger partial charge in [0.1, 0.15) is 0 Å². The molecule has 0 bridgehead atoms. The average Bonchev–Trinajstić information content (AvgIpc) is 2.40. The number of nitrogens with zero attached hydrogens (tertiary/aromatic N) is 3. The summed E-state index contributed by atoms with van der Waals surface area (Å²) in [6.45, 7) is 3.34. The van der Waals surface area contributed by atoms with Crippen LogP contribution in [0, 0.1) is 6.92 Å². The van der Waals surface area contributed by atoms with Gasteiger partial charge in [0.15, 0.2) is 0 Å². The molecule has 0 fully saturated rings. The van der Waals surface area contributed by atoms with E-state index in [9.17, 15) is 4.79 Å². The second-order valence-electron chi connectivity index (χ2n) is 6.12. The normalized spacial score (nSPS) is 11.6. The fraction of sp³-hybridized carbons (Fsp3) is 0.375. The second-order valence-corrected chi connectivity index (χ2v) is 6.12. The summed E-state index contributed by atoms with van der Waals surface area (Å²) >= 11 is 0. The summed E-state index contributed by atoms with van der Waals surface area (Å²) in [6.07, 6.45) is 0. The van der Waals surface area contributed by atoms with Gasteiger partial charge in [-0.25, -0.2) is 4.68 Å². The van der Waals surface area contributed by atoms with Gasteiger partial charge in [-0.05, 0) is 13.0 Å². The van der Waals surface area contributed by atoms with Crippen molar-refractivity contribution in [2.24, 2.45) is 0 Å². The van der Waals surface area contributed by atoms with Crippen LogP contribution >= 0.6 is 0 Å². The minimum atomic E-state index is -0.00173. The maximum Gasteiger partial charge on any atom is 0.269 e. The average molecular weight is 272 g/mol. The van der Waals surface area contributed by atoms with Crippen LogP contribution in [0.1, 0.15) is 5.56 Å². The van der Waals surface area contributed by atoms with E-state index in [1.165, 1.54) is 0 Å². The molecule has 0 saturated carbocycles. The summed E-state index contributed by atoms with van der Waals surface area (Å²) in [5.41, 5.74) is 2.62. The molecule has 0 unspecified atom stereocenters. The largest absolute Gasteiger partial charge is 0.329 e. The lowest BCUT2D eigenvalue weighted by atomic mass is 10.1. The Bertz CT molecular complexity index is 639. The first-order valence-corrected chi connectivity index (χ1v) is 6.81. The Labute approximate surface area is 119 Å². The van der Waals surface area contributed by atoms with Gasteiger partial charge < -0.3 is 4.48 Å². The first-order valence-electron chi connectivity index (χ1n) is 6.81. The first kappa shape index (κ1) is 14.5. The molecular formula is C16H22N3O+. The van der Waals surface area contributed by atoms with E-state index in [4.69, 9.17) is 0 Å². The molecule has 0 amide bonds. The highest BCUT2D eigenvalue weighted by Gasteiger charge is 2.11. The van der Waals surface area contributed by atoms with Crippen LogP contribution in [0.3, 0.4) is 0 Å².